The first-order chi connectivity index (χ1) is 16.9. The molecule has 0 atom stereocenters. The molecule has 0 radical (unpaired) electrons. The summed E-state index contributed by atoms with van der Waals surface area (Å²) in [5.74, 6) is 0.893. The molecule has 0 aromatic carbocycles. The van der Waals surface area contributed by atoms with E-state index < -0.39 is 0 Å². The molecule has 0 unspecified atom stereocenters. The smallest absolute Gasteiger partial charge is 0.258 e. The molecule has 1 N–H and O–H groups in total. The van der Waals surface area contributed by atoms with Crippen molar-refractivity contribution in [2.24, 2.45) is 5.41 Å². The highest BCUT2D eigenvalue weighted by atomic mass is 35.5. The zero-order valence-electron chi connectivity index (χ0n) is 18.9. The molecule has 2 amide bonds. The highest BCUT2D eigenvalue weighted by Gasteiger charge is 2.42. The summed E-state index contributed by atoms with van der Waals surface area (Å²) in [7, 11) is 0. The standard InChI is InChI=1S/C25H24ClN5O4/c26-17-1-2-18(27-14-17)16-35-20-5-8-31(24(34)11-20)19-3-4-21(28-15-19)30-9-6-25(7-10-30)12-22(32)29-23(33)13-25/h1-5,8,11,14-15H,6-7,9-10,12-13,16H2,(H,29,32,33). The van der Waals surface area contributed by atoms with Crippen molar-refractivity contribution in [1.29, 1.82) is 0 Å². The number of amides is 2. The molecule has 2 aliphatic rings. The van der Waals surface area contributed by atoms with Crippen molar-refractivity contribution in [3.8, 4) is 11.4 Å². The monoisotopic (exact) mass is 493 g/mol. The predicted molar refractivity (Wildman–Crippen MR) is 130 cm³/mol. The number of anilines is 1. The quantitative estimate of drug-likeness (QED) is 0.544. The third-order valence-electron chi connectivity index (χ3n) is 6.57. The average molecular weight is 494 g/mol. The summed E-state index contributed by atoms with van der Waals surface area (Å²) < 4.78 is 7.18. The van der Waals surface area contributed by atoms with E-state index >= 15 is 0 Å². The summed E-state index contributed by atoms with van der Waals surface area (Å²) in [5, 5.41) is 2.94. The van der Waals surface area contributed by atoms with Crippen LogP contribution in [0.2, 0.25) is 5.02 Å². The van der Waals surface area contributed by atoms with Crippen LogP contribution >= 0.6 is 11.6 Å². The van der Waals surface area contributed by atoms with E-state index in [1.807, 2.05) is 12.1 Å². The Balaban J connectivity index is 1.22. The number of hydrogen-bond donors (Lipinski definition) is 1. The van der Waals surface area contributed by atoms with Gasteiger partial charge in [0, 0.05) is 44.4 Å². The molecular weight excluding hydrogens is 470 g/mol. The fourth-order valence-electron chi connectivity index (χ4n) is 4.67. The van der Waals surface area contributed by atoms with Crippen molar-refractivity contribution in [2.45, 2.75) is 32.3 Å². The van der Waals surface area contributed by atoms with Gasteiger partial charge in [-0.05, 0) is 48.6 Å². The van der Waals surface area contributed by atoms with Crippen molar-refractivity contribution in [3.05, 3.63) is 76.1 Å². The van der Waals surface area contributed by atoms with E-state index in [2.05, 4.69) is 20.2 Å². The normalized spacial score (nSPS) is 17.3. The number of nitrogens with one attached hydrogen (secondary N) is 1. The summed E-state index contributed by atoms with van der Waals surface area (Å²) in [6.07, 6.45) is 7.20. The SMILES string of the molecule is O=C1CC2(CCN(c3ccc(-n4ccc(OCc5ccc(Cl)cn5)cc4=O)cn3)CC2)CC(=O)N1. The molecule has 1 spiro atoms. The molecule has 3 aromatic heterocycles. The minimum absolute atomic E-state index is 0.180. The van der Waals surface area contributed by atoms with Crippen molar-refractivity contribution in [1.82, 2.24) is 19.9 Å². The lowest BCUT2D eigenvalue weighted by Gasteiger charge is -2.43. The van der Waals surface area contributed by atoms with Crippen LogP contribution in [0, 0.1) is 5.41 Å². The lowest BCUT2D eigenvalue weighted by molar-refractivity contribution is -0.138. The molecule has 9 nitrogen and oxygen atoms in total. The number of ether oxygens (including phenoxy) is 1. The first kappa shape index (κ1) is 23.0. The minimum atomic E-state index is -0.239. The second kappa shape index (κ2) is 9.50. The number of pyridine rings is 3. The summed E-state index contributed by atoms with van der Waals surface area (Å²) in [6.45, 7) is 1.68. The first-order valence-electron chi connectivity index (χ1n) is 11.4. The van der Waals surface area contributed by atoms with E-state index in [9.17, 15) is 14.4 Å². The van der Waals surface area contributed by atoms with Gasteiger partial charge < -0.3 is 9.64 Å². The molecule has 5 heterocycles. The van der Waals surface area contributed by atoms with Crippen LogP contribution < -0.4 is 20.5 Å². The largest absolute Gasteiger partial charge is 0.487 e. The second-order valence-electron chi connectivity index (χ2n) is 9.01. The maximum atomic E-state index is 12.7. The van der Waals surface area contributed by atoms with Gasteiger partial charge in [-0.25, -0.2) is 4.98 Å². The van der Waals surface area contributed by atoms with E-state index in [4.69, 9.17) is 16.3 Å². The van der Waals surface area contributed by atoms with Gasteiger partial charge in [-0.3, -0.25) is 29.3 Å². The Bertz CT molecular complexity index is 1280. The molecule has 0 aliphatic carbocycles. The van der Waals surface area contributed by atoms with Crippen LogP contribution in [0.1, 0.15) is 31.4 Å². The van der Waals surface area contributed by atoms with Gasteiger partial charge >= 0.3 is 0 Å². The maximum Gasteiger partial charge on any atom is 0.258 e. The van der Waals surface area contributed by atoms with Gasteiger partial charge in [-0.15, -0.1) is 0 Å². The molecule has 2 saturated heterocycles. The number of carbonyl (C=O) groups excluding carboxylic acids is 2. The predicted octanol–water partition coefficient (Wildman–Crippen LogP) is 2.88. The van der Waals surface area contributed by atoms with Gasteiger partial charge in [0.05, 0.1) is 22.6 Å². The number of halogens is 1. The van der Waals surface area contributed by atoms with Gasteiger partial charge in [-0.2, -0.15) is 0 Å². The summed E-state index contributed by atoms with van der Waals surface area (Å²) in [5.41, 5.74) is 0.880. The number of rotatable bonds is 5. The zero-order valence-corrected chi connectivity index (χ0v) is 19.7. The highest BCUT2D eigenvalue weighted by Crippen LogP contribution is 2.41. The lowest BCUT2D eigenvalue weighted by atomic mass is 9.71. The van der Waals surface area contributed by atoms with E-state index in [1.54, 1.807) is 36.8 Å². The number of nitrogens with zero attached hydrogens (tertiary/aromatic N) is 4. The summed E-state index contributed by atoms with van der Waals surface area (Å²) >= 11 is 5.84. The summed E-state index contributed by atoms with van der Waals surface area (Å²) in [6, 6.07) is 10.4. The Morgan fingerprint density at radius 2 is 1.74 bits per heavy atom. The third-order valence-corrected chi connectivity index (χ3v) is 6.80. The van der Waals surface area contributed by atoms with Crippen LogP contribution in [-0.4, -0.2) is 39.4 Å². The van der Waals surface area contributed by atoms with Crippen LogP contribution in [-0.2, 0) is 16.2 Å². The molecule has 0 saturated carbocycles. The Kier molecular flexibility index (Phi) is 6.25. The molecule has 3 aromatic rings. The Hall–Kier alpha value is -3.72. The van der Waals surface area contributed by atoms with Crippen molar-refractivity contribution >= 4 is 29.2 Å². The van der Waals surface area contributed by atoms with Crippen LogP contribution in [0.4, 0.5) is 5.82 Å². The second-order valence-corrected chi connectivity index (χ2v) is 9.45. The molecule has 5 rings (SSSR count). The average Bonchev–Trinajstić information content (AvgIpc) is 2.84. The van der Waals surface area contributed by atoms with E-state index in [1.165, 1.54) is 10.6 Å². The minimum Gasteiger partial charge on any atom is -0.487 e. The molecular formula is C25H24ClN5O4. The number of imide groups is 1. The topological polar surface area (TPSA) is 106 Å². The van der Waals surface area contributed by atoms with Crippen molar-refractivity contribution < 1.29 is 14.3 Å². The van der Waals surface area contributed by atoms with Gasteiger partial charge in [0.1, 0.15) is 18.2 Å². The van der Waals surface area contributed by atoms with E-state index in [0.29, 0.717) is 35.0 Å². The van der Waals surface area contributed by atoms with Gasteiger partial charge in [0.15, 0.2) is 0 Å². The lowest BCUT2D eigenvalue weighted by Crippen LogP contribution is -2.50. The Labute approximate surface area is 206 Å². The number of hydrogen-bond acceptors (Lipinski definition) is 7. The van der Waals surface area contributed by atoms with E-state index in [-0.39, 0.29) is 29.4 Å². The fourth-order valence-corrected chi connectivity index (χ4v) is 4.78. The summed E-state index contributed by atoms with van der Waals surface area (Å²) in [4.78, 5) is 47.2. The highest BCUT2D eigenvalue weighted by molar-refractivity contribution is 6.30. The van der Waals surface area contributed by atoms with Crippen molar-refractivity contribution in [2.75, 3.05) is 18.0 Å². The third kappa shape index (κ3) is 5.19. The van der Waals surface area contributed by atoms with Gasteiger partial charge in [0.2, 0.25) is 11.8 Å². The number of piperidine rings is 2. The number of aromatic nitrogens is 3. The van der Waals surface area contributed by atoms with Crippen molar-refractivity contribution in [3.63, 3.8) is 0 Å². The Morgan fingerprint density at radius 1 is 0.971 bits per heavy atom. The van der Waals surface area contributed by atoms with E-state index in [0.717, 1.165) is 31.7 Å². The maximum absolute atomic E-state index is 12.7. The zero-order chi connectivity index (χ0) is 24.4. The van der Waals surface area contributed by atoms with Crippen LogP contribution in [0.5, 0.6) is 5.75 Å². The number of carbonyl (C=O) groups is 2. The fraction of sp³-hybridized carbons (Fsp3) is 0.320. The Morgan fingerprint density at radius 3 is 2.37 bits per heavy atom. The van der Waals surface area contributed by atoms with Gasteiger partial charge in [0.25, 0.3) is 5.56 Å². The van der Waals surface area contributed by atoms with Crippen LogP contribution in [0.3, 0.4) is 0 Å². The molecule has 2 fully saturated rings. The molecule has 10 heteroatoms. The molecule has 2 aliphatic heterocycles. The van der Waals surface area contributed by atoms with Crippen LogP contribution in [0.15, 0.2) is 59.8 Å². The molecule has 180 valence electrons. The molecule has 35 heavy (non-hydrogen) atoms. The van der Waals surface area contributed by atoms with Crippen LogP contribution in [0.25, 0.3) is 5.69 Å². The van der Waals surface area contributed by atoms with Gasteiger partial charge in [-0.1, -0.05) is 11.6 Å². The molecule has 0 bridgehead atoms. The first-order valence-corrected chi connectivity index (χ1v) is 11.8.